The van der Waals surface area contributed by atoms with Gasteiger partial charge in [0.15, 0.2) is 17.5 Å². The summed E-state index contributed by atoms with van der Waals surface area (Å²) in [6.45, 7) is 0. The van der Waals surface area contributed by atoms with Crippen molar-refractivity contribution in [2.24, 2.45) is 0 Å². The first kappa shape index (κ1) is 12.1. The molecule has 6 heteroatoms. The first-order valence-electron chi connectivity index (χ1n) is 4.94. The summed E-state index contributed by atoms with van der Waals surface area (Å²) in [4.78, 5) is 15.4. The number of amides is 1. The summed E-state index contributed by atoms with van der Waals surface area (Å²) in [5.74, 6) is -5.15. The molecule has 2 aromatic rings. The number of carbonyl (C=O) groups is 1. The zero-order chi connectivity index (χ0) is 13.1. The monoisotopic (exact) mass is 252 g/mol. The van der Waals surface area contributed by atoms with Gasteiger partial charge in [-0.25, -0.2) is 13.2 Å². The van der Waals surface area contributed by atoms with Crippen molar-refractivity contribution in [1.82, 2.24) is 4.98 Å². The van der Waals surface area contributed by atoms with Crippen LogP contribution in [0, 0.1) is 17.5 Å². The van der Waals surface area contributed by atoms with E-state index in [0.29, 0.717) is 17.8 Å². The van der Waals surface area contributed by atoms with E-state index in [1.807, 2.05) is 0 Å². The van der Waals surface area contributed by atoms with Gasteiger partial charge in [0.25, 0.3) is 5.91 Å². The maximum Gasteiger partial charge on any atom is 0.255 e. The van der Waals surface area contributed by atoms with Crippen molar-refractivity contribution >= 4 is 11.6 Å². The lowest BCUT2D eigenvalue weighted by atomic mass is 10.2. The van der Waals surface area contributed by atoms with Crippen molar-refractivity contribution in [3.63, 3.8) is 0 Å². The molecule has 0 fully saturated rings. The summed E-state index contributed by atoms with van der Waals surface area (Å²) >= 11 is 0. The average molecular weight is 252 g/mol. The molecule has 18 heavy (non-hydrogen) atoms. The van der Waals surface area contributed by atoms with Crippen LogP contribution in [0.15, 0.2) is 36.7 Å². The normalized spacial score (nSPS) is 10.2. The minimum absolute atomic E-state index is 0.303. The third kappa shape index (κ3) is 2.48. The van der Waals surface area contributed by atoms with E-state index in [9.17, 15) is 18.0 Å². The number of nitrogens with zero attached hydrogens (tertiary/aromatic N) is 1. The number of halogens is 3. The van der Waals surface area contributed by atoms with Crippen LogP contribution in [0.25, 0.3) is 0 Å². The van der Waals surface area contributed by atoms with Crippen LogP contribution in [0.2, 0.25) is 0 Å². The van der Waals surface area contributed by atoms with Crippen molar-refractivity contribution in [2.45, 2.75) is 0 Å². The fraction of sp³-hybridized carbons (Fsp3) is 0. The molecule has 0 bridgehead atoms. The number of rotatable bonds is 2. The Bertz CT molecular complexity index is 564. The Labute approximate surface area is 100 Å². The Kier molecular flexibility index (Phi) is 3.27. The molecule has 3 nitrogen and oxygen atoms in total. The Hall–Kier alpha value is -2.37. The lowest BCUT2D eigenvalue weighted by Crippen LogP contribution is -2.13. The second kappa shape index (κ2) is 4.87. The van der Waals surface area contributed by atoms with Crippen LogP contribution in [0.3, 0.4) is 0 Å². The van der Waals surface area contributed by atoms with Crippen molar-refractivity contribution in [1.29, 1.82) is 0 Å². The first-order chi connectivity index (χ1) is 8.58. The molecule has 0 aliphatic carbocycles. The topological polar surface area (TPSA) is 42.0 Å². The zero-order valence-corrected chi connectivity index (χ0v) is 8.95. The van der Waals surface area contributed by atoms with E-state index in [4.69, 9.17) is 0 Å². The number of aromatic nitrogens is 1. The number of hydrogen-bond donors (Lipinski definition) is 1. The van der Waals surface area contributed by atoms with Crippen LogP contribution in [0.5, 0.6) is 0 Å². The van der Waals surface area contributed by atoms with Gasteiger partial charge in [-0.1, -0.05) is 0 Å². The molecule has 0 saturated carbocycles. The summed E-state index contributed by atoms with van der Waals surface area (Å²) in [5.41, 5.74) is 0.114. The molecular weight excluding hydrogens is 245 g/mol. The summed E-state index contributed by atoms with van der Waals surface area (Å²) < 4.78 is 38.6. The highest BCUT2D eigenvalue weighted by molar-refractivity contribution is 6.04. The number of carbonyl (C=O) groups excluding carboxylic acids is 1. The highest BCUT2D eigenvalue weighted by Crippen LogP contribution is 2.15. The van der Waals surface area contributed by atoms with Crippen molar-refractivity contribution in [3.8, 4) is 0 Å². The van der Waals surface area contributed by atoms with Crippen LogP contribution in [0.1, 0.15) is 10.4 Å². The van der Waals surface area contributed by atoms with Gasteiger partial charge < -0.3 is 5.32 Å². The van der Waals surface area contributed by atoms with Crippen LogP contribution in [0.4, 0.5) is 18.9 Å². The molecule has 92 valence electrons. The molecule has 1 N–H and O–H groups in total. The van der Waals surface area contributed by atoms with E-state index in [0.717, 1.165) is 0 Å². The maximum absolute atomic E-state index is 12.9. The summed E-state index contributed by atoms with van der Waals surface area (Å²) in [7, 11) is 0. The molecule has 1 aromatic carbocycles. The second-order valence-corrected chi connectivity index (χ2v) is 3.44. The lowest BCUT2D eigenvalue weighted by molar-refractivity contribution is 0.102. The minimum Gasteiger partial charge on any atom is -0.322 e. The molecule has 0 aliphatic rings. The quantitative estimate of drug-likeness (QED) is 0.835. The van der Waals surface area contributed by atoms with Gasteiger partial charge in [-0.2, -0.15) is 0 Å². The Morgan fingerprint density at radius 3 is 2.17 bits per heavy atom. The molecule has 0 atom stereocenters. The molecule has 2 rings (SSSR count). The fourth-order valence-corrected chi connectivity index (χ4v) is 1.33. The zero-order valence-electron chi connectivity index (χ0n) is 8.95. The van der Waals surface area contributed by atoms with Gasteiger partial charge in [0.1, 0.15) is 0 Å². The van der Waals surface area contributed by atoms with Crippen LogP contribution >= 0.6 is 0 Å². The summed E-state index contributed by atoms with van der Waals surface area (Å²) in [6, 6.07) is 4.28. The molecule has 0 unspecified atom stereocenters. The van der Waals surface area contributed by atoms with Gasteiger partial charge in [0, 0.05) is 23.6 Å². The molecule has 0 aliphatic heterocycles. The number of benzene rings is 1. The molecule has 0 radical (unpaired) electrons. The van der Waals surface area contributed by atoms with Gasteiger partial charge in [-0.05, 0) is 24.3 Å². The van der Waals surface area contributed by atoms with Crippen molar-refractivity contribution in [2.75, 3.05) is 5.32 Å². The number of pyridine rings is 1. The van der Waals surface area contributed by atoms with Gasteiger partial charge in [0.2, 0.25) is 0 Å². The number of hydrogen-bond acceptors (Lipinski definition) is 2. The summed E-state index contributed by atoms with van der Waals surface area (Å²) in [6.07, 6.45) is 2.89. The molecule has 0 saturated heterocycles. The largest absolute Gasteiger partial charge is 0.322 e. The Morgan fingerprint density at radius 1 is 1.06 bits per heavy atom. The van der Waals surface area contributed by atoms with E-state index in [1.165, 1.54) is 24.5 Å². The third-order valence-corrected chi connectivity index (χ3v) is 2.18. The Balaban J connectivity index is 2.25. The highest BCUT2D eigenvalue weighted by Gasteiger charge is 2.15. The maximum atomic E-state index is 12.9. The van der Waals surface area contributed by atoms with E-state index >= 15 is 0 Å². The van der Waals surface area contributed by atoms with E-state index in [1.54, 1.807) is 0 Å². The number of nitrogens with one attached hydrogen (secondary N) is 1. The second-order valence-electron chi connectivity index (χ2n) is 3.44. The smallest absolute Gasteiger partial charge is 0.255 e. The van der Waals surface area contributed by atoms with Gasteiger partial charge in [-0.3, -0.25) is 9.78 Å². The van der Waals surface area contributed by atoms with Gasteiger partial charge >= 0.3 is 0 Å². The summed E-state index contributed by atoms with van der Waals surface area (Å²) in [5, 5.41) is 2.40. The predicted octanol–water partition coefficient (Wildman–Crippen LogP) is 2.75. The highest BCUT2D eigenvalue weighted by atomic mass is 19.2. The molecule has 0 spiro atoms. The van der Waals surface area contributed by atoms with Crippen molar-refractivity contribution in [3.05, 3.63) is 59.7 Å². The first-order valence-corrected chi connectivity index (χ1v) is 4.94. The third-order valence-electron chi connectivity index (χ3n) is 2.18. The van der Waals surface area contributed by atoms with E-state index in [-0.39, 0.29) is 5.56 Å². The van der Waals surface area contributed by atoms with Crippen LogP contribution in [-0.2, 0) is 0 Å². The minimum atomic E-state index is -1.60. The average Bonchev–Trinajstić information content (AvgIpc) is 2.36. The van der Waals surface area contributed by atoms with E-state index < -0.39 is 23.4 Å². The Morgan fingerprint density at radius 2 is 1.61 bits per heavy atom. The van der Waals surface area contributed by atoms with Gasteiger partial charge in [-0.15, -0.1) is 0 Å². The van der Waals surface area contributed by atoms with Crippen LogP contribution < -0.4 is 5.32 Å². The fourth-order valence-electron chi connectivity index (χ4n) is 1.33. The van der Waals surface area contributed by atoms with Crippen LogP contribution in [-0.4, -0.2) is 10.9 Å². The van der Waals surface area contributed by atoms with E-state index in [2.05, 4.69) is 10.3 Å². The lowest BCUT2D eigenvalue weighted by Gasteiger charge is -2.05. The molecule has 1 heterocycles. The predicted molar refractivity (Wildman–Crippen MR) is 58.5 cm³/mol. The molecule has 1 amide bonds. The SMILES string of the molecule is O=C(Nc1ccncc1)c1cc(F)c(F)c(F)c1. The molecular formula is C12H7F3N2O. The van der Waals surface area contributed by atoms with Crippen molar-refractivity contribution < 1.29 is 18.0 Å². The standard InChI is InChI=1S/C12H7F3N2O/c13-9-5-7(6-10(14)11(9)15)12(18)17-8-1-3-16-4-2-8/h1-6H,(H,16,17,18). The van der Waals surface area contributed by atoms with Gasteiger partial charge in [0.05, 0.1) is 0 Å². The molecule has 1 aromatic heterocycles. The number of anilines is 1.